The molecule has 0 radical (unpaired) electrons. The van der Waals surface area contributed by atoms with Crippen LogP contribution in [0.4, 0.5) is 4.39 Å². The lowest BCUT2D eigenvalue weighted by molar-refractivity contribution is 0.589. The van der Waals surface area contributed by atoms with Crippen molar-refractivity contribution in [2.45, 2.75) is 4.90 Å². The molecule has 0 saturated carbocycles. The number of hydrogen-bond acceptors (Lipinski definition) is 4. The van der Waals surface area contributed by atoms with E-state index in [4.69, 9.17) is 11.6 Å². The number of nitriles is 1. The fraction of sp³-hybridized carbons (Fsp3) is 0. The molecule has 0 amide bonds. The lowest BCUT2D eigenvalue weighted by atomic mass is 9.99. The van der Waals surface area contributed by atoms with E-state index in [0.717, 1.165) is 0 Å². The second-order valence-corrected chi connectivity index (χ2v) is 10.4. The number of halogens is 2. The molecule has 33 heavy (non-hydrogen) atoms. The summed E-state index contributed by atoms with van der Waals surface area (Å²) < 4.78 is 42.9. The molecule has 2 heterocycles. The van der Waals surface area contributed by atoms with Crippen molar-refractivity contribution in [1.82, 2.24) is 3.97 Å². The van der Waals surface area contributed by atoms with E-state index in [1.54, 1.807) is 35.7 Å². The Morgan fingerprint density at radius 2 is 1.64 bits per heavy atom. The van der Waals surface area contributed by atoms with Crippen LogP contribution in [-0.4, -0.2) is 12.4 Å². The van der Waals surface area contributed by atoms with Crippen LogP contribution in [0.3, 0.4) is 0 Å². The second kappa shape index (κ2) is 8.16. The summed E-state index contributed by atoms with van der Waals surface area (Å²) in [4.78, 5) is 0.526. The number of aromatic nitrogens is 1. The lowest BCUT2D eigenvalue weighted by Gasteiger charge is -2.14. The van der Waals surface area contributed by atoms with Crippen LogP contribution in [0, 0.1) is 17.1 Å². The standard InChI is InChI=1S/C25H14ClFN2O2S2/c26-17-7-11-19(12-8-17)33(30,31)29-22-4-2-1-3-20(22)24(21-13-14-32-23(21)15-28)25(29)16-5-9-18(27)10-6-16/h1-14H. The Labute approximate surface area is 198 Å². The van der Waals surface area contributed by atoms with Crippen LogP contribution in [0.5, 0.6) is 0 Å². The topological polar surface area (TPSA) is 62.9 Å². The van der Waals surface area contributed by atoms with Crippen LogP contribution in [-0.2, 0) is 10.0 Å². The van der Waals surface area contributed by atoms with Crippen molar-refractivity contribution in [3.8, 4) is 28.5 Å². The first kappa shape index (κ1) is 21.4. The van der Waals surface area contributed by atoms with Crippen LogP contribution in [0.2, 0.25) is 5.02 Å². The van der Waals surface area contributed by atoms with Crippen molar-refractivity contribution < 1.29 is 12.8 Å². The Kier molecular flexibility index (Phi) is 5.29. The Morgan fingerprint density at radius 1 is 0.939 bits per heavy atom. The lowest BCUT2D eigenvalue weighted by Crippen LogP contribution is -2.14. The molecule has 162 valence electrons. The number of benzene rings is 3. The summed E-state index contributed by atoms with van der Waals surface area (Å²) in [6, 6.07) is 22.7. The molecule has 0 fully saturated rings. The first-order valence-electron chi connectivity index (χ1n) is 9.80. The zero-order chi connectivity index (χ0) is 23.2. The first-order valence-corrected chi connectivity index (χ1v) is 12.5. The third-order valence-electron chi connectivity index (χ3n) is 5.34. The molecule has 0 aliphatic rings. The number of fused-ring (bicyclic) bond motifs is 1. The van der Waals surface area contributed by atoms with Crippen LogP contribution >= 0.6 is 22.9 Å². The highest BCUT2D eigenvalue weighted by Crippen LogP contribution is 2.44. The molecule has 0 unspecified atom stereocenters. The van der Waals surface area contributed by atoms with Crippen molar-refractivity contribution >= 4 is 43.9 Å². The Balaban J connectivity index is 1.96. The Morgan fingerprint density at radius 3 is 2.33 bits per heavy atom. The fourth-order valence-corrected chi connectivity index (χ4v) is 6.27. The first-order chi connectivity index (χ1) is 15.9. The van der Waals surface area contributed by atoms with Crippen LogP contribution in [0.15, 0.2) is 89.1 Å². The number of rotatable bonds is 4. The Hall–Kier alpha value is -3.44. The molecule has 0 N–H and O–H groups in total. The average Bonchev–Trinajstić information content (AvgIpc) is 3.42. The third-order valence-corrected chi connectivity index (χ3v) is 8.14. The van der Waals surface area contributed by atoms with Gasteiger partial charge in [0, 0.05) is 27.1 Å². The number of nitrogens with zero attached hydrogens (tertiary/aromatic N) is 2. The molecule has 4 nitrogen and oxygen atoms in total. The van der Waals surface area contributed by atoms with Crippen molar-refractivity contribution in [3.05, 3.63) is 100.0 Å². The normalized spacial score (nSPS) is 11.5. The van der Waals surface area contributed by atoms with Gasteiger partial charge in [-0.2, -0.15) is 5.26 Å². The molecular formula is C25H14ClFN2O2S2. The van der Waals surface area contributed by atoms with Gasteiger partial charge in [0.2, 0.25) is 0 Å². The summed E-state index contributed by atoms with van der Waals surface area (Å²) in [5, 5.41) is 12.6. The maximum absolute atomic E-state index is 13.9. The van der Waals surface area contributed by atoms with E-state index in [0.29, 0.717) is 43.2 Å². The van der Waals surface area contributed by atoms with Crippen molar-refractivity contribution in [1.29, 1.82) is 5.26 Å². The SMILES string of the molecule is N#Cc1sccc1-c1c(-c2ccc(F)cc2)n(S(=O)(=O)c2ccc(Cl)cc2)c2ccccc12. The van der Waals surface area contributed by atoms with E-state index < -0.39 is 15.8 Å². The maximum atomic E-state index is 13.9. The minimum Gasteiger partial charge on any atom is -0.233 e. The fourth-order valence-electron chi connectivity index (χ4n) is 3.91. The van der Waals surface area contributed by atoms with E-state index in [1.165, 1.54) is 51.7 Å². The van der Waals surface area contributed by atoms with Gasteiger partial charge in [-0.15, -0.1) is 11.3 Å². The van der Waals surface area contributed by atoms with Crippen LogP contribution in [0.1, 0.15) is 4.88 Å². The molecule has 5 rings (SSSR count). The predicted molar refractivity (Wildman–Crippen MR) is 129 cm³/mol. The molecule has 2 aromatic heterocycles. The van der Waals surface area contributed by atoms with Gasteiger partial charge in [-0.25, -0.2) is 16.8 Å². The van der Waals surface area contributed by atoms with Crippen molar-refractivity contribution in [3.63, 3.8) is 0 Å². The molecule has 3 aromatic carbocycles. The van der Waals surface area contributed by atoms with E-state index in [2.05, 4.69) is 6.07 Å². The summed E-state index contributed by atoms with van der Waals surface area (Å²) >= 11 is 7.26. The predicted octanol–water partition coefficient (Wildman–Crippen LogP) is 6.94. The van der Waals surface area contributed by atoms with Gasteiger partial charge in [-0.05, 0) is 66.0 Å². The Bertz CT molecular complexity index is 1650. The van der Waals surface area contributed by atoms with E-state index in [-0.39, 0.29) is 4.90 Å². The smallest absolute Gasteiger partial charge is 0.233 e. The summed E-state index contributed by atoms with van der Waals surface area (Å²) in [7, 11) is -4.08. The number of hydrogen-bond donors (Lipinski definition) is 0. The van der Waals surface area contributed by atoms with Crippen LogP contribution < -0.4 is 0 Å². The molecule has 0 bridgehead atoms. The van der Waals surface area contributed by atoms with E-state index >= 15 is 0 Å². The van der Waals surface area contributed by atoms with E-state index in [9.17, 15) is 18.1 Å². The molecule has 0 spiro atoms. The monoisotopic (exact) mass is 492 g/mol. The summed E-state index contributed by atoms with van der Waals surface area (Å²) in [5.41, 5.74) is 2.56. The maximum Gasteiger partial charge on any atom is 0.268 e. The van der Waals surface area contributed by atoms with Gasteiger partial charge in [-0.1, -0.05) is 29.8 Å². The van der Waals surface area contributed by atoms with Gasteiger partial charge in [0.05, 0.1) is 16.1 Å². The van der Waals surface area contributed by atoms with Gasteiger partial charge in [0.25, 0.3) is 10.0 Å². The molecule has 0 aliphatic heterocycles. The van der Waals surface area contributed by atoms with Gasteiger partial charge >= 0.3 is 0 Å². The largest absolute Gasteiger partial charge is 0.268 e. The van der Waals surface area contributed by atoms with Gasteiger partial charge in [-0.3, -0.25) is 0 Å². The molecule has 0 atom stereocenters. The highest BCUT2D eigenvalue weighted by molar-refractivity contribution is 7.90. The summed E-state index contributed by atoms with van der Waals surface area (Å²) in [5.74, 6) is -0.434. The minimum atomic E-state index is -4.08. The zero-order valence-electron chi connectivity index (χ0n) is 16.9. The number of para-hydroxylation sites is 1. The van der Waals surface area contributed by atoms with Gasteiger partial charge in [0.1, 0.15) is 16.8 Å². The van der Waals surface area contributed by atoms with Crippen LogP contribution in [0.25, 0.3) is 33.3 Å². The molecular weight excluding hydrogens is 479 g/mol. The molecule has 0 aliphatic carbocycles. The number of thiophene rings is 1. The molecule has 8 heteroatoms. The summed E-state index contributed by atoms with van der Waals surface area (Å²) in [6.45, 7) is 0. The van der Waals surface area contributed by atoms with Crippen molar-refractivity contribution in [2.24, 2.45) is 0 Å². The summed E-state index contributed by atoms with van der Waals surface area (Å²) in [6.07, 6.45) is 0. The third kappa shape index (κ3) is 3.53. The molecule has 0 saturated heterocycles. The van der Waals surface area contributed by atoms with Gasteiger partial charge in [0.15, 0.2) is 0 Å². The minimum absolute atomic E-state index is 0.0633. The average molecular weight is 493 g/mol. The van der Waals surface area contributed by atoms with Crippen molar-refractivity contribution in [2.75, 3.05) is 0 Å². The van der Waals surface area contributed by atoms with Gasteiger partial charge < -0.3 is 0 Å². The quantitative estimate of drug-likeness (QED) is 0.273. The zero-order valence-corrected chi connectivity index (χ0v) is 19.3. The molecule has 5 aromatic rings. The van der Waals surface area contributed by atoms with E-state index in [1.807, 2.05) is 12.1 Å². The highest BCUT2D eigenvalue weighted by atomic mass is 35.5. The highest BCUT2D eigenvalue weighted by Gasteiger charge is 2.29. The second-order valence-electron chi connectivity index (χ2n) is 7.25.